The van der Waals surface area contributed by atoms with Crippen LogP contribution >= 0.6 is 11.3 Å². The number of ether oxygens (including phenoxy) is 2. The summed E-state index contributed by atoms with van der Waals surface area (Å²) < 4.78 is 10.6. The molecule has 2 rings (SSSR count). The Hall–Kier alpha value is -2.01. The normalized spacial score (nSPS) is 11.7. The predicted molar refractivity (Wildman–Crippen MR) is 84.1 cm³/mol. The minimum Gasteiger partial charge on any atom is -0.497 e. The van der Waals surface area contributed by atoms with Crippen molar-refractivity contribution in [2.75, 3.05) is 13.7 Å². The first-order chi connectivity index (χ1) is 10.2. The van der Waals surface area contributed by atoms with Crippen LogP contribution in [0.2, 0.25) is 0 Å². The lowest BCUT2D eigenvalue weighted by Crippen LogP contribution is -2.37. The molecule has 0 saturated heterocycles. The molecule has 0 aliphatic carbocycles. The molecule has 0 saturated carbocycles. The summed E-state index contributed by atoms with van der Waals surface area (Å²) in [5.74, 6) is 1.20. The lowest BCUT2D eigenvalue weighted by atomic mass is 10.2. The number of carbonyl (C=O) groups is 1. The van der Waals surface area contributed by atoms with Gasteiger partial charge in [0.15, 0.2) is 6.61 Å². The van der Waals surface area contributed by atoms with Gasteiger partial charge in [-0.25, -0.2) is 0 Å². The monoisotopic (exact) mass is 305 g/mol. The van der Waals surface area contributed by atoms with Crippen LogP contribution in [0.3, 0.4) is 0 Å². The number of benzene rings is 1. The van der Waals surface area contributed by atoms with Crippen molar-refractivity contribution in [2.45, 2.75) is 19.4 Å². The van der Waals surface area contributed by atoms with Gasteiger partial charge in [-0.3, -0.25) is 4.79 Å². The number of methoxy groups -OCH3 is 1. The quantitative estimate of drug-likeness (QED) is 0.855. The molecule has 0 aliphatic heterocycles. The largest absolute Gasteiger partial charge is 0.497 e. The SMILES string of the molecule is COc1cccc(OCC(=O)NC(C)Cc2cccs2)c1. The zero-order chi connectivity index (χ0) is 15.1. The molecule has 1 aromatic carbocycles. The van der Waals surface area contributed by atoms with Crippen LogP contribution in [0, 0.1) is 0 Å². The fraction of sp³-hybridized carbons (Fsp3) is 0.312. The van der Waals surface area contributed by atoms with Gasteiger partial charge < -0.3 is 14.8 Å². The highest BCUT2D eigenvalue weighted by Crippen LogP contribution is 2.18. The summed E-state index contributed by atoms with van der Waals surface area (Å²) in [6, 6.07) is 11.4. The van der Waals surface area contributed by atoms with E-state index in [2.05, 4.69) is 11.4 Å². The molecule has 4 nitrogen and oxygen atoms in total. The molecular formula is C16H19NO3S. The smallest absolute Gasteiger partial charge is 0.258 e. The molecule has 0 radical (unpaired) electrons. The van der Waals surface area contributed by atoms with Crippen molar-refractivity contribution in [3.05, 3.63) is 46.7 Å². The third kappa shape index (κ3) is 5.11. The first-order valence-electron chi connectivity index (χ1n) is 6.76. The van der Waals surface area contributed by atoms with E-state index >= 15 is 0 Å². The van der Waals surface area contributed by atoms with E-state index in [1.165, 1.54) is 4.88 Å². The van der Waals surface area contributed by atoms with E-state index in [-0.39, 0.29) is 18.6 Å². The lowest BCUT2D eigenvalue weighted by molar-refractivity contribution is -0.123. The van der Waals surface area contributed by atoms with E-state index in [9.17, 15) is 4.79 Å². The summed E-state index contributed by atoms with van der Waals surface area (Å²) in [7, 11) is 1.60. The minimum atomic E-state index is -0.123. The van der Waals surface area contributed by atoms with Crippen LogP contribution < -0.4 is 14.8 Å². The highest BCUT2D eigenvalue weighted by molar-refractivity contribution is 7.09. The Morgan fingerprint density at radius 2 is 2.10 bits per heavy atom. The maximum atomic E-state index is 11.8. The molecule has 1 N–H and O–H groups in total. The molecule has 2 aromatic rings. The molecule has 1 heterocycles. The Bertz CT molecular complexity index is 569. The van der Waals surface area contributed by atoms with E-state index < -0.39 is 0 Å². The molecular weight excluding hydrogens is 286 g/mol. The molecule has 0 bridgehead atoms. The van der Waals surface area contributed by atoms with E-state index in [0.717, 1.165) is 6.42 Å². The van der Waals surface area contributed by atoms with Gasteiger partial charge in [0.05, 0.1) is 7.11 Å². The summed E-state index contributed by atoms with van der Waals surface area (Å²) in [5, 5.41) is 4.97. The fourth-order valence-electron chi connectivity index (χ4n) is 1.94. The van der Waals surface area contributed by atoms with E-state index in [4.69, 9.17) is 9.47 Å². The molecule has 0 spiro atoms. The van der Waals surface area contributed by atoms with Crippen LogP contribution in [-0.2, 0) is 11.2 Å². The van der Waals surface area contributed by atoms with Gasteiger partial charge >= 0.3 is 0 Å². The van der Waals surface area contributed by atoms with Crippen LogP contribution in [0.25, 0.3) is 0 Å². The van der Waals surface area contributed by atoms with Gasteiger partial charge in [0.1, 0.15) is 11.5 Å². The highest BCUT2D eigenvalue weighted by atomic mass is 32.1. The summed E-state index contributed by atoms with van der Waals surface area (Å²) in [6.07, 6.45) is 0.836. The number of carbonyl (C=O) groups excluding carboxylic acids is 1. The van der Waals surface area contributed by atoms with Crippen molar-refractivity contribution in [2.24, 2.45) is 0 Å². The Kier molecular flexibility index (Phi) is 5.63. The first kappa shape index (κ1) is 15.4. The summed E-state index contributed by atoms with van der Waals surface area (Å²) in [5.41, 5.74) is 0. The molecule has 112 valence electrons. The van der Waals surface area contributed by atoms with Crippen LogP contribution in [0.4, 0.5) is 0 Å². The maximum absolute atomic E-state index is 11.8. The Morgan fingerprint density at radius 1 is 1.29 bits per heavy atom. The fourth-order valence-corrected chi connectivity index (χ4v) is 2.77. The number of hydrogen-bond acceptors (Lipinski definition) is 4. The molecule has 1 unspecified atom stereocenters. The Labute approximate surface area is 128 Å². The van der Waals surface area contributed by atoms with E-state index in [1.807, 2.05) is 30.5 Å². The van der Waals surface area contributed by atoms with Crippen molar-refractivity contribution in [1.82, 2.24) is 5.32 Å². The average Bonchev–Trinajstić information content (AvgIpc) is 2.98. The zero-order valence-corrected chi connectivity index (χ0v) is 13.0. The predicted octanol–water partition coefficient (Wildman–Crippen LogP) is 2.88. The van der Waals surface area contributed by atoms with E-state index in [0.29, 0.717) is 11.5 Å². The van der Waals surface area contributed by atoms with Gasteiger partial charge in [-0.05, 0) is 30.5 Å². The first-order valence-corrected chi connectivity index (χ1v) is 7.64. The number of amides is 1. The summed E-state index contributed by atoms with van der Waals surface area (Å²) >= 11 is 1.70. The number of rotatable bonds is 7. The number of nitrogens with one attached hydrogen (secondary N) is 1. The molecule has 1 amide bonds. The molecule has 0 aliphatic rings. The third-order valence-corrected chi connectivity index (χ3v) is 3.80. The highest BCUT2D eigenvalue weighted by Gasteiger charge is 2.09. The standard InChI is InChI=1S/C16H19NO3S/c1-12(9-15-7-4-8-21-15)17-16(18)11-20-14-6-3-5-13(10-14)19-2/h3-8,10,12H,9,11H2,1-2H3,(H,17,18). The van der Waals surface area contributed by atoms with Crippen molar-refractivity contribution in [3.8, 4) is 11.5 Å². The second-order valence-corrected chi connectivity index (χ2v) is 5.75. The van der Waals surface area contributed by atoms with E-state index in [1.54, 1.807) is 30.6 Å². The van der Waals surface area contributed by atoms with Crippen LogP contribution in [-0.4, -0.2) is 25.7 Å². The van der Waals surface area contributed by atoms with Gasteiger partial charge in [-0.1, -0.05) is 12.1 Å². The topological polar surface area (TPSA) is 47.6 Å². The molecule has 1 aromatic heterocycles. The third-order valence-electron chi connectivity index (χ3n) is 2.91. The van der Waals surface area contributed by atoms with Gasteiger partial charge in [-0.15, -0.1) is 11.3 Å². The van der Waals surface area contributed by atoms with Crippen molar-refractivity contribution < 1.29 is 14.3 Å². The van der Waals surface area contributed by atoms with Gasteiger partial charge in [-0.2, -0.15) is 0 Å². The molecule has 0 fully saturated rings. The van der Waals surface area contributed by atoms with Crippen molar-refractivity contribution in [1.29, 1.82) is 0 Å². The van der Waals surface area contributed by atoms with Gasteiger partial charge in [0.2, 0.25) is 0 Å². The molecule has 21 heavy (non-hydrogen) atoms. The number of thiophene rings is 1. The molecule has 5 heteroatoms. The van der Waals surface area contributed by atoms with Gasteiger partial charge in [0.25, 0.3) is 5.91 Å². The maximum Gasteiger partial charge on any atom is 0.258 e. The molecule has 1 atom stereocenters. The zero-order valence-electron chi connectivity index (χ0n) is 12.2. The second-order valence-electron chi connectivity index (χ2n) is 4.72. The second kappa shape index (κ2) is 7.69. The van der Waals surface area contributed by atoms with Gasteiger partial charge in [0, 0.05) is 23.4 Å². The van der Waals surface area contributed by atoms with Crippen molar-refractivity contribution >= 4 is 17.2 Å². The van der Waals surface area contributed by atoms with Crippen LogP contribution in [0.5, 0.6) is 11.5 Å². The van der Waals surface area contributed by atoms with Crippen LogP contribution in [0.1, 0.15) is 11.8 Å². The summed E-state index contributed by atoms with van der Waals surface area (Å²) in [6.45, 7) is 1.99. The average molecular weight is 305 g/mol. The summed E-state index contributed by atoms with van der Waals surface area (Å²) in [4.78, 5) is 13.1. The Balaban J connectivity index is 1.76. The number of hydrogen-bond donors (Lipinski definition) is 1. The van der Waals surface area contributed by atoms with Crippen molar-refractivity contribution in [3.63, 3.8) is 0 Å². The Morgan fingerprint density at radius 3 is 2.81 bits per heavy atom. The lowest BCUT2D eigenvalue weighted by Gasteiger charge is -2.13. The van der Waals surface area contributed by atoms with Crippen LogP contribution in [0.15, 0.2) is 41.8 Å². The minimum absolute atomic E-state index is 0.00193.